The van der Waals surface area contributed by atoms with Gasteiger partial charge in [-0.15, -0.1) is 0 Å². The quantitative estimate of drug-likeness (QED) is 0.641. The first kappa shape index (κ1) is 13.4. The first-order chi connectivity index (χ1) is 8.47. The molecule has 1 aliphatic carbocycles. The average Bonchev–Trinajstić information content (AvgIpc) is 2.66. The molecule has 1 fully saturated rings. The first-order valence-electron chi connectivity index (χ1n) is 6.37. The van der Waals surface area contributed by atoms with Gasteiger partial charge in [0, 0.05) is 5.56 Å². The van der Waals surface area contributed by atoms with E-state index in [0.29, 0.717) is 5.56 Å². The van der Waals surface area contributed by atoms with Crippen LogP contribution in [0.3, 0.4) is 0 Å². The van der Waals surface area contributed by atoms with E-state index < -0.39 is 11.6 Å². The monoisotopic (exact) mass is 254 g/mol. The molecule has 0 aromatic heterocycles. The lowest BCUT2D eigenvalue weighted by molar-refractivity contribution is 0.195. The maximum absolute atomic E-state index is 13.9. The molecule has 0 amide bonds. The Morgan fingerprint density at radius 3 is 2.67 bits per heavy atom. The minimum Gasteiger partial charge on any atom is -0.271 e. The topological polar surface area (TPSA) is 38.0 Å². The Morgan fingerprint density at radius 2 is 2.11 bits per heavy atom. The number of nitrogens with one attached hydrogen (secondary N) is 1. The van der Waals surface area contributed by atoms with Crippen LogP contribution in [0.1, 0.15) is 44.7 Å². The van der Waals surface area contributed by atoms with Crippen LogP contribution in [0.25, 0.3) is 0 Å². The smallest absolute Gasteiger partial charge is 0.163 e. The van der Waals surface area contributed by atoms with Gasteiger partial charge in [-0.1, -0.05) is 32.4 Å². The molecule has 1 saturated carbocycles. The summed E-state index contributed by atoms with van der Waals surface area (Å²) >= 11 is 0. The Labute approximate surface area is 107 Å². The number of nitrogens with two attached hydrogens (primary N) is 1. The van der Waals surface area contributed by atoms with Crippen LogP contribution < -0.4 is 11.3 Å². The third-order valence-corrected chi connectivity index (χ3v) is 4.24. The molecular weight excluding hydrogens is 234 g/mol. The molecule has 4 heteroatoms. The van der Waals surface area contributed by atoms with Crippen molar-refractivity contribution in [2.45, 2.75) is 39.2 Å². The van der Waals surface area contributed by atoms with Gasteiger partial charge in [0.15, 0.2) is 11.6 Å². The van der Waals surface area contributed by atoms with Crippen molar-refractivity contribution in [3.05, 3.63) is 35.4 Å². The van der Waals surface area contributed by atoms with E-state index in [1.165, 1.54) is 6.07 Å². The van der Waals surface area contributed by atoms with Crippen molar-refractivity contribution in [3.8, 4) is 0 Å². The minimum absolute atomic E-state index is 0.0930. The molecule has 1 aromatic rings. The summed E-state index contributed by atoms with van der Waals surface area (Å²) in [5, 5.41) is 0. The number of halogens is 2. The Kier molecular flexibility index (Phi) is 3.69. The molecule has 0 radical (unpaired) electrons. The van der Waals surface area contributed by atoms with E-state index in [4.69, 9.17) is 5.84 Å². The predicted octanol–water partition coefficient (Wildman–Crippen LogP) is 3.30. The highest BCUT2D eigenvalue weighted by atomic mass is 19.2. The summed E-state index contributed by atoms with van der Waals surface area (Å²) in [5.41, 5.74) is 3.10. The fourth-order valence-corrected chi connectivity index (χ4v) is 3.15. The summed E-state index contributed by atoms with van der Waals surface area (Å²) in [6.45, 7) is 4.32. The van der Waals surface area contributed by atoms with E-state index in [2.05, 4.69) is 19.3 Å². The minimum atomic E-state index is -0.816. The number of hydrogen-bond acceptors (Lipinski definition) is 2. The van der Waals surface area contributed by atoms with Gasteiger partial charge in [0.1, 0.15) is 0 Å². The zero-order chi connectivity index (χ0) is 13.3. The van der Waals surface area contributed by atoms with Gasteiger partial charge in [-0.2, -0.15) is 0 Å². The Balaban J connectivity index is 2.37. The largest absolute Gasteiger partial charge is 0.271 e. The summed E-state index contributed by atoms with van der Waals surface area (Å²) in [5.74, 6) is 4.20. The first-order valence-corrected chi connectivity index (χ1v) is 6.37. The number of rotatable bonds is 3. The average molecular weight is 254 g/mol. The number of hydrogen-bond donors (Lipinski definition) is 2. The van der Waals surface area contributed by atoms with Gasteiger partial charge in [-0.05, 0) is 30.2 Å². The zero-order valence-electron chi connectivity index (χ0n) is 10.8. The summed E-state index contributed by atoms with van der Waals surface area (Å²) in [7, 11) is 0. The second-order valence-electron chi connectivity index (χ2n) is 5.77. The molecule has 100 valence electrons. The van der Waals surface area contributed by atoms with Gasteiger partial charge in [0.2, 0.25) is 0 Å². The highest BCUT2D eigenvalue weighted by molar-refractivity contribution is 5.24. The highest BCUT2D eigenvalue weighted by Crippen LogP contribution is 2.48. The van der Waals surface area contributed by atoms with Crippen LogP contribution in [-0.4, -0.2) is 0 Å². The molecule has 0 bridgehead atoms. The molecule has 2 rings (SSSR count). The van der Waals surface area contributed by atoms with E-state index in [0.717, 1.165) is 25.3 Å². The standard InChI is InChI=1S/C14H20F2N2/c1-14(2)8-4-6-10(14)13(18-17)9-5-3-7-11(15)12(9)16/h3,5,7,10,13,18H,4,6,8,17H2,1-2H3. The molecule has 0 heterocycles. The number of benzene rings is 1. The summed E-state index contributed by atoms with van der Waals surface area (Å²) in [4.78, 5) is 0. The molecule has 2 unspecified atom stereocenters. The third kappa shape index (κ3) is 2.27. The van der Waals surface area contributed by atoms with E-state index in [9.17, 15) is 8.78 Å². The molecule has 0 aliphatic heterocycles. The normalized spacial score (nSPS) is 24.2. The van der Waals surface area contributed by atoms with Gasteiger partial charge in [-0.3, -0.25) is 11.3 Å². The summed E-state index contributed by atoms with van der Waals surface area (Å²) in [6, 6.07) is 3.93. The summed E-state index contributed by atoms with van der Waals surface area (Å²) in [6.07, 6.45) is 3.18. The van der Waals surface area contributed by atoms with E-state index in [1.54, 1.807) is 6.07 Å². The Bertz CT molecular complexity index is 432. The Morgan fingerprint density at radius 1 is 1.39 bits per heavy atom. The molecule has 2 atom stereocenters. The van der Waals surface area contributed by atoms with Crippen LogP contribution in [0.4, 0.5) is 8.78 Å². The molecular formula is C14H20F2N2. The van der Waals surface area contributed by atoms with Crippen LogP contribution >= 0.6 is 0 Å². The van der Waals surface area contributed by atoms with Gasteiger partial charge < -0.3 is 0 Å². The van der Waals surface area contributed by atoms with Crippen LogP contribution in [0.5, 0.6) is 0 Å². The van der Waals surface area contributed by atoms with Gasteiger partial charge >= 0.3 is 0 Å². The van der Waals surface area contributed by atoms with E-state index in [1.807, 2.05) is 0 Å². The maximum Gasteiger partial charge on any atom is 0.163 e. The van der Waals surface area contributed by atoms with E-state index >= 15 is 0 Å². The lowest BCUT2D eigenvalue weighted by Crippen LogP contribution is -2.38. The molecule has 2 nitrogen and oxygen atoms in total. The lowest BCUT2D eigenvalue weighted by atomic mass is 9.75. The van der Waals surface area contributed by atoms with Crippen molar-refractivity contribution in [3.63, 3.8) is 0 Å². The molecule has 0 saturated heterocycles. The SMILES string of the molecule is CC1(C)CCCC1C(NN)c1cccc(F)c1F. The van der Waals surface area contributed by atoms with Gasteiger partial charge in [-0.25, -0.2) is 8.78 Å². The van der Waals surface area contributed by atoms with Crippen molar-refractivity contribution in [1.29, 1.82) is 0 Å². The van der Waals surface area contributed by atoms with Crippen LogP contribution in [0, 0.1) is 23.0 Å². The van der Waals surface area contributed by atoms with Crippen molar-refractivity contribution in [1.82, 2.24) is 5.43 Å². The third-order valence-electron chi connectivity index (χ3n) is 4.24. The van der Waals surface area contributed by atoms with Crippen LogP contribution in [-0.2, 0) is 0 Å². The molecule has 0 spiro atoms. The lowest BCUT2D eigenvalue weighted by Gasteiger charge is -2.34. The number of hydrazine groups is 1. The van der Waals surface area contributed by atoms with Crippen molar-refractivity contribution in [2.24, 2.45) is 17.2 Å². The molecule has 3 N–H and O–H groups in total. The fraction of sp³-hybridized carbons (Fsp3) is 0.571. The molecule has 1 aromatic carbocycles. The summed E-state index contributed by atoms with van der Waals surface area (Å²) < 4.78 is 27.2. The zero-order valence-corrected chi connectivity index (χ0v) is 10.8. The van der Waals surface area contributed by atoms with Crippen LogP contribution in [0.2, 0.25) is 0 Å². The van der Waals surface area contributed by atoms with E-state index in [-0.39, 0.29) is 17.4 Å². The van der Waals surface area contributed by atoms with Crippen LogP contribution in [0.15, 0.2) is 18.2 Å². The fourth-order valence-electron chi connectivity index (χ4n) is 3.15. The Hall–Kier alpha value is -1.00. The molecule has 1 aliphatic rings. The van der Waals surface area contributed by atoms with Gasteiger partial charge in [0.25, 0.3) is 0 Å². The highest BCUT2D eigenvalue weighted by Gasteiger charge is 2.40. The van der Waals surface area contributed by atoms with Crippen molar-refractivity contribution in [2.75, 3.05) is 0 Å². The van der Waals surface area contributed by atoms with Crippen molar-refractivity contribution < 1.29 is 8.78 Å². The second kappa shape index (κ2) is 4.94. The maximum atomic E-state index is 13.9. The molecule has 18 heavy (non-hydrogen) atoms. The van der Waals surface area contributed by atoms with Gasteiger partial charge in [0.05, 0.1) is 6.04 Å². The predicted molar refractivity (Wildman–Crippen MR) is 67.5 cm³/mol. The van der Waals surface area contributed by atoms with Crippen molar-refractivity contribution >= 4 is 0 Å². The second-order valence-corrected chi connectivity index (χ2v) is 5.77.